The van der Waals surface area contributed by atoms with Gasteiger partial charge in [-0.25, -0.2) is 0 Å². The predicted octanol–water partition coefficient (Wildman–Crippen LogP) is 4.11. The zero-order valence-corrected chi connectivity index (χ0v) is 14.9. The Morgan fingerprint density at radius 1 is 1.20 bits per heavy atom. The Morgan fingerprint density at radius 2 is 2.04 bits per heavy atom. The van der Waals surface area contributed by atoms with Gasteiger partial charge in [0.2, 0.25) is 0 Å². The van der Waals surface area contributed by atoms with Crippen LogP contribution in [-0.4, -0.2) is 25.7 Å². The number of amides is 1. The topological polar surface area (TPSA) is 50.4 Å². The lowest BCUT2D eigenvalue weighted by Gasteiger charge is -2.22. The lowest BCUT2D eigenvalue weighted by atomic mass is 10.0. The quantitative estimate of drug-likeness (QED) is 0.817. The van der Waals surface area contributed by atoms with E-state index in [0.29, 0.717) is 16.5 Å². The summed E-state index contributed by atoms with van der Waals surface area (Å²) < 4.78 is 5.50. The van der Waals surface area contributed by atoms with Crippen LogP contribution >= 0.6 is 11.6 Å². The van der Waals surface area contributed by atoms with Crippen LogP contribution < -0.4 is 10.6 Å². The fraction of sp³-hybridized carbons (Fsp3) is 0.350. The van der Waals surface area contributed by atoms with Gasteiger partial charge in [0, 0.05) is 36.0 Å². The third-order valence-corrected chi connectivity index (χ3v) is 4.56. The average Bonchev–Trinajstić information content (AvgIpc) is 2.63. The van der Waals surface area contributed by atoms with Crippen LogP contribution in [0.25, 0.3) is 0 Å². The van der Waals surface area contributed by atoms with Crippen LogP contribution in [0.15, 0.2) is 48.5 Å². The van der Waals surface area contributed by atoms with Crippen molar-refractivity contribution in [2.24, 2.45) is 5.92 Å². The third-order valence-electron chi connectivity index (χ3n) is 4.31. The van der Waals surface area contributed by atoms with Crippen molar-refractivity contribution in [3.05, 3.63) is 64.7 Å². The van der Waals surface area contributed by atoms with Gasteiger partial charge in [-0.1, -0.05) is 23.7 Å². The first kappa shape index (κ1) is 17.9. The van der Waals surface area contributed by atoms with Crippen molar-refractivity contribution >= 4 is 23.2 Å². The Hall–Kier alpha value is -1.88. The molecule has 2 N–H and O–H groups in total. The maximum Gasteiger partial charge on any atom is 0.255 e. The van der Waals surface area contributed by atoms with Gasteiger partial charge in [0.05, 0.1) is 6.61 Å². The number of rotatable bonds is 6. The molecule has 5 heteroatoms. The molecule has 1 saturated heterocycles. The second-order valence-electron chi connectivity index (χ2n) is 6.38. The number of anilines is 1. The lowest BCUT2D eigenvalue weighted by molar-refractivity contribution is 0.0547. The van der Waals surface area contributed by atoms with E-state index in [9.17, 15) is 4.79 Å². The molecule has 2 aromatic carbocycles. The second-order valence-corrected chi connectivity index (χ2v) is 6.81. The largest absolute Gasteiger partial charge is 0.381 e. The molecule has 1 fully saturated rings. The van der Waals surface area contributed by atoms with Crippen LogP contribution in [0, 0.1) is 5.92 Å². The molecule has 2 aromatic rings. The summed E-state index contributed by atoms with van der Waals surface area (Å²) in [5.74, 6) is 0.461. The number of carbonyl (C=O) groups excluding carboxylic acids is 1. The van der Waals surface area contributed by atoms with E-state index in [0.717, 1.165) is 44.0 Å². The average molecular weight is 359 g/mol. The molecule has 3 rings (SSSR count). The van der Waals surface area contributed by atoms with Gasteiger partial charge in [0.15, 0.2) is 0 Å². The Labute approximate surface area is 153 Å². The number of halogens is 1. The van der Waals surface area contributed by atoms with E-state index >= 15 is 0 Å². The van der Waals surface area contributed by atoms with E-state index in [1.165, 1.54) is 6.42 Å². The Kier molecular flexibility index (Phi) is 6.45. The highest BCUT2D eigenvalue weighted by atomic mass is 35.5. The fourth-order valence-electron chi connectivity index (χ4n) is 2.95. The predicted molar refractivity (Wildman–Crippen MR) is 101 cm³/mol. The first-order chi connectivity index (χ1) is 12.2. The molecule has 0 spiro atoms. The number of ether oxygens (including phenoxy) is 1. The summed E-state index contributed by atoms with van der Waals surface area (Å²) in [5, 5.41) is 7.03. The first-order valence-corrected chi connectivity index (χ1v) is 9.03. The van der Waals surface area contributed by atoms with Gasteiger partial charge in [0.25, 0.3) is 5.91 Å². The van der Waals surface area contributed by atoms with Crippen molar-refractivity contribution in [1.29, 1.82) is 0 Å². The summed E-state index contributed by atoms with van der Waals surface area (Å²) in [4.78, 5) is 12.3. The van der Waals surface area contributed by atoms with E-state index in [-0.39, 0.29) is 5.91 Å². The van der Waals surface area contributed by atoms with Crippen LogP contribution in [0.2, 0.25) is 5.02 Å². The molecular formula is C20H23ClN2O2. The van der Waals surface area contributed by atoms with Gasteiger partial charge in [-0.05, 0) is 60.7 Å². The summed E-state index contributed by atoms with van der Waals surface area (Å²) in [5.41, 5.74) is 2.52. The Morgan fingerprint density at radius 3 is 2.80 bits per heavy atom. The fourth-order valence-corrected chi connectivity index (χ4v) is 3.08. The monoisotopic (exact) mass is 358 g/mol. The lowest BCUT2D eigenvalue weighted by Crippen LogP contribution is -2.28. The number of carbonyl (C=O) groups is 1. The van der Waals surface area contributed by atoms with Gasteiger partial charge >= 0.3 is 0 Å². The van der Waals surface area contributed by atoms with Gasteiger partial charge in [-0.3, -0.25) is 4.79 Å². The van der Waals surface area contributed by atoms with Crippen molar-refractivity contribution in [2.75, 3.05) is 25.1 Å². The molecule has 25 heavy (non-hydrogen) atoms. The maximum atomic E-state index is 12.3. The third kappa shape index (κ3) is 5.56. The van der Waals surface area contributed by atoms with Crippen molar-refractivity contribution < 1.29 is 9.53 Å². The SMILES string of the molecule is O=C(Nc1cccc(CNCC2CCCOC2)c1)c1ccc(Cl)cc1. The van der Waals surface area contributed by atoms with Crippen LogP contribution in [0.1, 0.15) is 28.8 Å². The molecular weight excluding hydrogens is 336 g/mol. The van der Waals surface area contributed by atoms with Crippen LogP contribution in [0.3, 0.4) is 0 Å². The number of benzene rings is 2. The van der Waals surface area contributed by atoms with E-state index in [1.54, 1.807) is 24.3 Å². The number of hydrogen-bond donors (Lipinski definition) is 2. The molecule has 0 radical (unpaired) electrons. The molecule has 0 aromatic heterocycles. The smallest absolute Gasteiger partial charge is 0.255 e. The molecule has 0 aliphatic carbocycles. The van der Waals surface area contributed by atoms with Crippen molar-refractivity contribution in [1.82, 2.24) is 5.32 Å². The minimum atomic E-state index is -0.138. The molecule has 0 bridgehead atoms. The molecule has 4 nitrogen and oxygen atoms in total. The summed E-state index contributed by atoms with van der Waals surface area (Å²) in [6.07, 6.45) is 2.38. The van der Waals surface area contributed by atoms with Crippen molar-refractivity contribution in [3.63, 3.8) is 0 Å². The summed E-state index contributed by atoms with van der Waals surface area (Å²) in [6, 6.07) is 14.8. The van der Waals surface area contributed by atoms with Crippen molar-refractivity contribution in [3.8, 4) is 0 Å². The molecule has 0 saturated carbocycles. The van der Waals surface area contributed by atoms with E-state index in [4.69, 9.17) is 16.3 Å². The molecule has 1 amide bonds. The van der Waals surface area contributed by atoms with Crippen molar-refractivity contribution in [2.45, 2.75) is 19.4 Å². The highest BCUT2D eigenvalue weighted by Gasteiger charge is 2.13. The molecule has 1 aliphatic rings. The second kappa shape index (κ2) is 8.99. The number of hydrogen-bond acceptors (Lipinski definition) is 3. The van der Waals surface area contributed by atoms with Gasteiger partial charge in [-0.15, -0.1) is 0 Å². The number of nitrogens with one attached hydrogen (secondary N) is 2. The molecule has 1 heterocycles. The minimum absolute atomic E-state index is 0.138. The minimum Gasteiger partial charge on any atom is -0.381 e. The highest BCUT2D eigenvalue weighted by molar-refractivity contribution is 6.30. The highest BCUT2D eigenvalue weighted by Crippen LogP contribution is 2.15. The summed E-state index contributed by atoms with van der Waals surface area (Å²) >= 11 is 5.86. The van der Waals surface area contributed by atoms with Crippen LogP contribution in [0.5, 0.6) is 0 Å². The van der Waals surface area contributed by atoms with E-state index in [2.05, 4.69) is 16.7 Å². The van der Waals surface area contributed by atoms with Gasteiger partial charge < -0.3 is 15.4 Å². The first-order valence-electron chi connectivity index (χ1n) is 8.65. The van der Waals surface area contributed by atoms with Gasteiger partial charge in [-0.2, -0.15) is 0 Å². The molecule has 132 valence electrons. The molecule has 1 atom stereocenters. The van der Waals surface area contributed by atoms with Crippen LogP contribution in [-0.2, 0) is 11.3 Å². The zero-order chi connectivity index (χ0) is 17.5. The normalized spacial score (nSPS) is 17.2. The Balaban J connectivity index is 1.52. The summed E-state index contributed by atoms with van der Waals surface area (Å²) in [6.45, 7) is 3.48. The standard InChI is InChI=1S/C20H23ClN2O2/c21-18-8-6-17(7-9-18)20(24)23-19-5-1-3-15(11-19)12-22-13-16-4-2-10-25-14-16/h1,3,5-9,11,16,22H,2,4,10,12-14H2,(H,23,24). The van der Waals surface area contributed by atoms with Gasteiger partial charge in [0.1, 0.15) is 0 Å². The van der Waals surface area contributed by atoms with Crippen LogP contribution in [0.4, 0.5) is 5.69 Å². The Bertz CT molecular complexity index is 697. The van der Waals surface area contributed by atoms with E-state index in [1.807, 2.05) is 18.2 Å². The molecule has 1 unspecified atom stereocenters. The molecule has 1 aliphatic heterocycles. The zero-order valence-electron chi connectivity index (χ0n) is 14.1. The maximum absolute atomic E-state index is 12.3. The summed E-state index contributed by atoms with van der Waals surface area (Å²) in [7, 11) is 0. The van der Waals surface area contributed by atoms with E-state index < -0.39 is 0 Å².